The van der Waals surface area contributed by atoms with Gasteiger partial charge in [0.25, 0.3) is 0 Å². The summed E-state index contributed by atoms with van der Waals surface area (Å²) in [4.78, 5) is 10.1. The first-order valence-corrected chi connectivity index (χ1v) is 17.2. The Balaban J connectivity index is 1.20. The smallest absolute Gasteiger partial charge is 0.231 e. The first-order valence-electron chi connectivity index (χ1n) is 16.4. The van der Waals surface area contributed by atoms with Crippen molar-refractivity contribution in [3.63, 3.8) is 0 Å². The van der Waals surface area contributed by atoms with Gasteiger partial charge in [0.05, 0.1) is 26.8 Å². The molecule has 11 aromatic rings. The van der Waals surface area contributed by atoms with Crippen LogP contribution in [0, 0.1) is 0 Å². The van der Waals surface area contributed by atoms with E-state index < -0.39 is 0 Å². The molecule has 0 aliphatic rings. The zero-order valence-electron chi connectivity index (χ0n) is 26.1. The van der Waals surface area contributed by atoms with Gasteiger partial charge in [-0.3, -0.25) is 0 Å². The first kappa shape index (κ1) is 26.7. The molecule has 11 rings (SSSR count). The standard InChI is InChI=1S/C44H25N3OS/c1-2-12-27(13-3-1)43-45-40(39-32-17-7-10-20-35(32)48-44(39)46-43)26-22-24-28(25-23-26)47-34-19-9-6-16-31(34)37-29-14-4-5-15-30(29)38-33-18-8-11-21-36(33)49-42(38)41(37)47/h1-25H. The zero-order valence-corrected chi connectivity index (χ0v) is 26.9. The first-order chi connectivity index (χ1) is 24.3. The SMILES string of the molecule is c1ccc(-c2nc(-c3ccc(-n4c5ccccc5c5c6ccccc6c6c7ccccc7sc6c54)cc3)c3c(n2)oc2ccccc23)cc1. The van der Waals surface area contributed by atoms with Gasteiger partial charge in [0.1, 0.15) is 5.58 Å². The molecule has 0 fully saturated rings. The Bertz CT molecular complexity index is 3100. The second-order valence-electron chi connectivity index (χ2n) is 12.5. The number of aromatic nitrogens is 3. The molecule has 0 aliphatic carbocycles. The molecule has 228 valence electrons. The topological polar surface area (TPSA) is 43.9 Å². The highest BCUT2D eigenvalue weighted by Crippen LogP contribution is 2.48. The predicted octanol–water partition coefficient (Wildman–Crippen LogP) is 12.3. The van der Waals surface area contributed by atoms with Crippen LogP contribution in [0.3, 0.4) is 0 Å². The lowest BCUT2D eigenvalue weighted by molar-refractivity contribution is 0.653. The van der Waals surface area contributed by atoms with Crippen LogP contribution in [0.25, 0.3) is 103 Å². The molecule has 0 amide bonds. The van der Waals surface area contributed by atoms with Crippen LogP contribution in [0.2, 0.25) is 0 Å². The molecule has 4 heterocycles. The summed E-state index contributed by atoms with van der Waals surface area (Å²) < 4.78 is 11.4. The number of rotatable bonds is 3. The summed E-state index contributed by atoms with van der Waals surface area (Å²) in [7, 11) is 0. The average Bonchev–Trinajstić information content (AvgIpc) is 3.85. The van der Waals surface area contributed by atoms with Gasteiger partial charge in [-0.05, 0) is 41.1 Å². The maximum Gasteiger partial charge on any atom is 0.231 e. The number of benzene rings is 7. The van der Waals surface area contributed by atoms with Crippen molar-refractivity contribution < 1.29 is 4.42 Å². The molecule has 0 aliphatic heterocycles. The van der Waals surface area contributed by atoms with Gasteiger partial charge in [0.15, 0.2) is 5.82 Å². The third-order valence-electron chi connectivity index (χ3n) is 9.82. The summed E-state index contributed by atoms with van der Waals surface area (Å²) in [6, 6.07) is 53.6. The minimum absolute atomic E-state index is 0.593. The summed E-state index contributed by atoms with van der Waals surface area (Å²) in [6.07, 6.45) is 0. The Kier molecular flexibility index (Phi) is 5.51. The number of furan rings is 1. The highest BCUT2D eigenvalue weighted by molar-refractivity contribution is 7.27. The molecule has 0 bridgehead atoms. The van der Waals surface area contributed by atoms with E-state index in [1.54, 1.807) is 0 Å². The highest BCUT2D eigenvalue weighted by atomic mass is 32.1. The number of hydrogen-bond donors (Lipinski definition) is 0. The van der Waals surface area contributed by atoms with E-state index in [1.165, 1.54) is 52.8 Å². The second-order valence-corrected chi connectivity index (χ2v) is 13.6. The fraction of sp³-hybridized carbons (Fsp3) is 0. The monoisotopic (exact) mass is 643 g/mol. The van der Waals surface area contributed by atoms with Crippen LogP contribution in [0.15, 0.2) is 156 Å². The molecule has 7 aromatic carbocycles. The molecule has 0 atom stereocenters. The fourth-order valence-corrected chi connectivity index (χ4v) is 8.97. The lowest BCUT2D eigenvalue weighted by Crippen LogP contribution is -1.96. The summed E-state index contributed by atoms with van der Waals surface area (Å²) in [5, 5.41) is 9.71. The quantitative estimate of drug-likeness (QED) is 0.192. The van der Waals surface area contributed by atoms with E-state index >= 15 is 0 Å². The van der Waals surface area contributed by atoms with E-state index in [9.17, 15) is 0 Å². The Hall–Kier alpha value is -6.30. The van der Waals surface area contributed by atoms with E-state index in [0.717, 1.165) is 38.9 Å². The molecule has 49 heavy (non-hydrogen) atoms. The van der Waals surface area contributed by atoms with E-state index in [-0.39, 0.29) is 0 Å². The molecule has 0 radical (unpaired) electrons. The molecule has 0 saturated carbocycles. The molecule has 0 unspecified atom stereocenters. The molecule has 4 aromatic heterocycles. The van der Waals surface area contributed by atoms with Crippen molar-refractivity contribution in [1.82, 2.24) is 14.5 Å². The van der Waals surface area contributed by atoms with Crippen molar-refractivity contribution in [1.29, 1.82) is 0 Å². The Labute approximate surface area is 284 Å². The van der Waals surface area contributed by atoms with Gasteiger partial charge in [-0.15, -0.1) is 11.3 Å². The molecule has 0 spiro atoms. The highest BCUT2D eigenvalue weighted by Gasteiger charge is 2.22. The number of hydrogen-bond acceptors (Lipinski definition) is 4. The Morgan fingerprint density at radius 3 is 1.96 bits per heavy atom. The minimum atomic E-state index is 0.593. The van der Waals surface area contributed by atoms with Crippen LogP contribution in [-0.4, -0.2) is 14.5 Å². The van der Waals surface area contributed by atoms with E-state index in [2.05, 4.69) is 108 Å². The number of nitrogens with zero attached hydrogens (tertiary/aromatic N) is 3. The van der Waals surface area contributed by atoms with Gasteiger partial charge >= 0.3 is 0 Å². The maximum absolute atomic E-state index is 6.30. The van der Waals surface area contributed by atoms with Crippen molar-refractivity contribution in [2.24, 2.45) is 0 Å². The van der Waals surface area contributed by atoms with Crippen molar-refractivity contribution in [2.75, 3.05) is 0 Å². The van der Waals surface area contributed by atoms with Crippen molar-refractivity contribution >= 4 is 86.2 Å². The van der Waals surface area contributed by atoms with Crippen LogP contribution in [-0.2, 0) is 0 Å². The predicted molar refractivity (Wildman–Crippen MR) is 205 cm³/mol. The molecule has 0 saturated heterocycles. The summed E-state index contributed by atoms with van der Waals surface area (Å²) in [5.74, 6) is 0.646. The third-order valence-corrected chi connectivity index (χ3v) is 11.0. The lowest BCUT2D eigenvalue weighted by atomic mass is 9.99. The Morgan fingerprint density at radius 1 is 0.490 bits per heavy atom. The largest absolute Gasteiger partial charge is 0.438 e. The van der Waals surface area contributed by atoms with E-state index in [1.807, 2.05) is 59.9 Å². The molecule has 0 N–H and O–H groups in total. The minimum Gasteiger partial charge on any atom is -0.438 e. The van der Waals surface area contributed by atoms with Crippen LogP contribution in [0.5, 0.6) is 0 Å². The second kappa shape index (κ2) is 10.1. The van der Waals surface area contributed by atoms with E-state index in [0.29, 0.717) is 11.5 Å². The fourth-order valence-electron chi connectivity index (χ4n) is 7.71. The van der Waals surface area contributed by atoms with Gasteiger partial charge in [0.2, 0.25) is 5.71 Å². The van der Waals surface area contributed by atoms with Gasteiger partial charge in [-0.1, -0.05) is 121 Å². The van der Waals surface area contributed by atoms with Crippen LogP contribution >= 0.6 is 11.3 Å². The van der Waals surface area contributed by atoms with Crippen molar-refractivity contribution in [2.45, 2.75) is 0 Å². The molecule has 5 heteroatoms. The summed E-state index contributed by atoms with van der Waals surface area (Å²) in [6.45, 7) is 0. The summed E-state index contributed by atoms with van der Waals surface area (Å²) in [5.41, 5.74) is 7.77. The molecular formula is C44H25N3OS. The zero-order chi connectivity index (χ0) is 32.1. The van der Waals surface area contributed by atoms with E-state index in [4.69, 9.17) is 14.4 Å². The van der Waals surface area contributed by atoms with Crippen LogP contribution < -0.4 is 0 Å². The van der Waals surface area contributed by atoms with Crippen LogP contribution in [0.4, 0.5) is 0 Å². The normalized spacial score (nSPS) is 12.1. The van der Waals surface area contributed by atoms with Crippen LogP contribution in [0.1, 0.15) is 0 Å². The average molecular weight is 644 g/mol. The maximum atomic E-state index is 6.30. The Morgan fingerprint density at radius 2 is 1.14 bits per heavy atom. The van der Waals surface area contributed by atoms with Gasteiger partial charge in [0, 0.05) is 48.4 Å². The summed E-state index contributed by atoms with van der Waals surface area (Å²) >= 11 is 1.88. The number of fused-ring (bicyclic) bond motifs is 13. The van der Waals surface area contributed by atoms with Gasteiger partial charge in [-0.2, -0.15) is 4.98 Å². The third kappa shape index (κ3) is 3.79. The van der Waals surface area contributed by atoms with Gasteiger partial charge in [-0.25, -0.2) is 4.98 Å². The lowest BCUT2D eigenvalue weighted by Gasteiger charge is -2.12. The van der Waals surface area contributed by atoms with Crippen molar-refractivity contribution in [3.8, 4) is 28.3 Å². The molecular weight excluding hydrogens is 619 g/mol. The number of thiophene rings is 1. The molecule has 4 nitrogen and oxygen atoms in total. The number of para-hydroxylation sites is 2. The van der Waals surface area contributed by atoms with Gasteiger partial charge < -0.3 is 8.98 Å². The van der Waals surface area contributed by atoms with Crippen molar-refractivity contribution in [3.05, 3.63) is 152 Å².